The van der Waals surface area contributed by atoms with Crippen molar-refractivity contribution < 1.29 is 4.79 Å². The quantitative estimate of drug-likeness (QED) is 0.868. The molecular weight excluding hydrogens is 264 g/mol. The molecule has 0 N–H and O–H groups in total. The molecule has 2 aromatic heterocycles. The minimum absolute atomic E-state index is 0.0593. The molecule has 1 fully saturated rings. The van der Waals surface area contributed by atoms with E-state index < -0.39 is 0 Å². The zero-order valence-electron chi connectivity index (χ0n) is 12.7. The number of likely N-dealkylation sites (tertiary alicyclic amines) is 1. The Labute approximate surface area is 124 Å². The number of aromatic nitrogens is 3. The van der Waals surface area contributed by atoms with Gasteiger partial charge in [0.25, 0.3) is 5.91 Å². The smallest absolute Gasteiger partial charge is 0.272 e. The number of carbonyl (C=O) groups is 1. The predicted octanol–water partition coefficient (Wildman–Crippen LogP) is 2.18. The van der Waals surface area contributed by atoms with Crippen molar-refractivity contribution in [3.63, 3.8) is 0 Å². The van der Waals surface area contributed by atoms with E-state index in [-0.39, 0.29) is 5.91 Å². The van der Waals surface area contributed by atoms with Crippen molar-refractivity contribution in [2.75, 3.05) is 13.1 Å². The van der Waals surface area contributed by atoms with Gasteiger partial charge in [-0.1, -0.05) is 19.9 Å². The molecule has 0 spiro atoms. The van der Waals surface area contributed by atoms with Gasteiger partial charge in [-0.15, -0.1) is 0 Å². The highest BCUT2D eigenvalue weighted by atomic mass is 16.2. The highest BCUT2D eigenvalue weighted by molar-refractivity contribution is 5.93. The van der Waals surface area contributed by atoms with Gasteiger partial charge in [-0.25, -0.2) is 0 Å². The summed E-state index contributed by atoms with van der Waals surface area (Å²) in [5.41, 5.74) is 2.69. The van der Waals surface area contributed by atoms with Gasteiger partial charge in [0.2, 0.25) is 0 Å². The molecule has 2 aromatic rings. The molecule has 21 heavy (non-hydrogen) atoms. The summed E-state index contributed by atoms with van der Waals surface area (Å²) in [5.74, 6) is 0.743. The first-order valence-corrected chi connectivity index (χ1v) is 7.30. The van der Waals surface area contributed by atoms with E-state index in [1.54, 1.807) is 10.9 Å². The monoisotopic (exact) mass is 284 g/mol. The molecule has 3 heterocycles. The first-order valence-electron chi connectivity index (χ1n) is 7.30. The fraction of sp³-hybridized carbons (Fsp3) is 0.438. The fourth-order valence-electron chi connectivity index (χ4n) is 2.58. The maximum Gasteiger partial charge on any atom is 0.272 e. The Bertz CT molecular complexity index is 642. The van der Waals surface area contributed by atoms with Crippen molar-refractivity contribution in [2.45, 2.75) is 25.7 Å². The van der Waals surface area contributed by atoms with Gasteiger partial charge >= 0.3 is 0 Å². The van der Waals surface area contributed by atoms with Crippen LogP contribution >= 0.6 is 0 Å². The molecule has 0 aliphatic carbocycles. The average Bonchev–Trinajstić information content (AvgIpc) is 2.80. The standard InChI is InChI=1S/C16H20N4O/c1-11(2)14-8-15(19(3)18-14)16(21)20-9-12(10-20)13-6-4-5-7-17-13/h4-8,11-12H,9-10H2,1-3H3. The zero-order valence-corrected chi connectivity index (χ0v) is 12.7. The van der Waals surface area contributed by atoms with Crippen molar-refractivity contribution in [1.82, 2.24) is 19.7 Å². The molecule has 1 aliphatic heterocycles. The van der Waals surface area contributed by atoms with Crippen LogP contribution in [0.4, 0.5) is 0 Å². The number of pyridine rings is 1. The van der Waals surface area contributed by atoms with Crippen LogP contribution in [0.2, 0.25) is 0 Å². The van der Waals surface area contributed by atoms with E-state index in [0.29, 0.717) is 17.5 Å². The van der Waals surface area contributed by atoms with Gasteiger partial charge < -0.3 is 4.90 Å². The Morgan fingerprint density at radius 2 is 2.10 bits per heavy atom. The van der Waals surface area contributed by atoms with Crippen LogP contribution < -0.4 is 0 Å². The molecule has 1 saturated heterocycles. The molecule has 3 rings (SSSR count). The minimum Gasteiger partial charge on any atom is -0.336 e. The van der Waals surface area contributed by atoms with Crippen molar-refractivity contribution in [3.05, 3.63) is 47.5 Å². The molecule has 110 valence electrons. The number of amides is 1. The van der Waals surface area contributed by atoms with Crippen LogP contribution in [0.5, 0.6) is 0 Å². The summed E-state index contributed by atoms with van der Waals surface area (Å²) in [7, 11) is 1.83. The van der Waals surface area contributed by atoms with Crippen LogP contribution in [0.3, 0.4) is 0 Å². The van der Waals surface area contributed by atoms with E-state index in [2.05, 4.69) is 23.9 Å². The minimum atomic E-state index is 0.0593. The summed E-state index contributed by atoms with van der Waals surface area (Å²) in [4.78, 5) is 18.7. The van der Waals surface area contributed by atoms with Crippen molar-refractivity contribution >= 4 is 5.91 Å². The van der Waals surface area contributed by atoms with Gasteiger partial charge in [0.05, 0.1) is 5.69 Å². The van der Waals surface area contributed by atoms with E-state index in [1.165, 1.54) is 0 Å². The summed E-state index contributed by atoms with van der Waals surface area (Å²) in [6.45, 7) is 5.63. The van der Waals surface area contributed by atoms with Crippen molar-refractivity contribution in [1.29, 1.82) is 0 Å². The van der Waals surface area contributed by atoms with Gasteiger partial charge in [0, 0.05) is 37.9 Å². The maximum absolute atomic E-state index is 12.5. The lowest BCUT2D eigenvalue weighted by Crippen LogP contribution is -2.49. The Morgan fingerprint density at radius 1 is 1.33 bits per heavy atom. The third-order valence-electron chi connectivity index (χ3n) is 3.98. The third kappa shape index (κ3) is 2.55. The second-order valence-corrected chi connectivity index (χ2v) is 5.89. The molecule has 0 radical (unpaired) electrons. The molecule has 5 heteroatoms. The first kappa shape index (κ1) is 13.8. The molecule has 5 nitrogen and oxygen atoms in total. The van der Waals surface area contributed by atoms with Gasteiger partial charge in [-0.2, -0.15) is 5.10 Å². The van der Waals surface area contributed by atoms with Gasteiger partial charge in [0.1, 0.15) is 5.69 Å². The molecule has 0 saturated carbocycles. The molecule has 1 amide bonds. The SMILES string of the molecule is CC(C)c1cc(C(=O)N2CC(c3ccccn3)C2)n(C)n1. The molecule has 0 unspecified atom stereocenters. The summed E-state index contributed by atoms with van der Waals surface area (Å²) in [5, 5.41) is 4.41. The number of carbonyl (C=O) groups excluding carboxylic acids is 1. The van der Waals surface area contributed by atoms with Gasteiger partial charge in [-0.05, 0) is 24.1 Å². The number of nitrogens with zero attached hydrogens (tertiary/aromatic N) is 4. The number of hydrogen-bond acceptors (Lipinski definition) is 3. The van der Waals surface area contributed by atoms with Crippen LogP contribution in [-0.2, 0) is 7.05 Å². The number of aryl methyl sites for hydroxylation is 1. The predicted molar refractivity (Wildman–Crippen MR) is 80.2 cm³/mol. The van der Waals surface area contributed by atoms with Crippen LogP contribution in [0.15, 0.2) is 30.5 Å². The molecule has 1 aliphatic rings. The topological polar surface area (TPSA) is 51.0 Å². The Kier molecular flexibility index (Phi) is 3.49. The highest BCUT2D eigenvalue weighted by Crippen LogP contribution is 2.27. The Morgan fingerprint density at radius 3 is 2.67 bits per heavy atom. The maximum atomic E-state index is 12.5. The second kappa shape index (κ2) is 5.31. The van der Waals surface area contributed by atoms with Crippen LogP contribution in [0, 0.1) is 0 Å². The second-order valence-electron chi connectivity index (χ2n) is 5.89. The highest BCUT2D eigenvalue weighted by Gasteiger charge is 2.34. The van der Waals surface area contributed by atoms with Crippen LogP contribution in [0.25, 0.3) is 0 Å². The summed E-state index contributed by atoms with van der Waals surface area (Å²) in [6.07, 6.45) is 1.80. The van der Waals surface area contributed by atoms with Crippen molar-refractivity contribution in [2.24, 2.45) is 7.05 Å². The molecule has 0 bridgehead atoms. The molecule has 0 atom stereocenters. The lowest BCUT2D eigenvalue weighted by atomic mass is 9.95. The number of rotatable bonds is 3. The van der Waals surface area contributed by atoms with Crippen LogP contribution in [-0.4, -0.2) is 38.7 Å². The number of hydrogen-bond donors (Lipinski definition) is 0. The zero-order chi connectivity index (χ0) is 15.0. The summed E-state index contributed by atoms with van der Waals surface area (Å²) < 4.78 is 1.69. The van der Waals surface area contributed by atoms with Gasteiger partial charge in [-0.3, -0.25) is 14.5 Å². The lowest BCUT2D eigenvalue weighted by molar-refractivity contribution is 0.0587. The third-order valence-corrected chi connectivity index (χ3v) is 3.98. The van der Waals surface area contributed by atoms with Crippen molar-refractivity contribution in [3.8, 4) is 0 Å². The lowest BCUT2D eigenvalue weighted by Gasteiger charge is -2.38. The molecular formula is C16H20N4O. The van der Waals surface area contributed by atoms with Crippen LogP contribution in [0.1, 0.15) is 47.6 Å². The Balaban J connectivity index is 1.68. The van der Waals surface area contributed by atoms with Gasteiger partial charge in [0.15, 0.2) is 0 Å². The van der Waals surface area contributed by atoms with E-state index >= 15 is 0 Å². The fourth-order valence-corrected chi connectivity index (χ4v) is 2.58. The largest absolute Gasteiger partial charge is 0.336 e. The van der Waals surface area contributed by atoms with E-state index in [1.807, 2.05) is 36.2 Å². The van der Waals surface area contributed by atoms with E-state index in [0.717, 1.165) is 24.5 Å². The Hall–Kier alpha value is -2.17. The van der Waals surface area contributed by atoms with E-state index in [9.17, 15) is 4.79 Å². The normalized spacial score (nSPS) is 15.3. The van der Waals surface area contributed by atoms with E-state index in [4.69, 9.17) is 0 Å². The summed E-state index contributed by atoms with van der Waals surface area (Å²) >= 11 is 0. The first-order chi connectivity index (χ1) is 10.1. The average molecular weight is 284 g/mol. The summed E-state index contributed by atoms with van der Waals surface area (Å²) in [6, 6.07) is 7.82. The molecule has 0 aromatic carbocycles.